The molecule has 3 rings (SSSR count). The van der Waals surface area contributed by atoms with E-state index in [1.165, 1.54) is 29.2 Å². The van der Waals surface area contributed by atoms with E-state index in [2.05, 4.69) is 5.32 Å². The van der Waals surface area contributed by atoms with Gasteiger partial charge in [-0.05, 0) is 42.3 Å². The molecule has 1 unspecified atom stereocenters. The van der Waals surface area contributed by atoms with Crippen LogP contribution in [0.1, 0.15) is 24.5 Å². The number of urea groups is 1. The fourth-order valence-corrected chi connectivity index (χ4v) is 3.36. The molecule has 0 radical (unpaired) electrons. The molecule has 0 spiro atoms. The summed E-state index contributed by atoms with van der Waals surface area (Å²) in [6.45, 7) is 2.42. The van der Waals surface area contributed by atoms with Gasteiger partial charge in [0.25, 0.3) is 5.91 Å². The minimum absolute atomic E-state index is 0.0168. The summed E-state index contributed by atoms with van der Waals surface area (Å²) in [6, 6.07) is 11.4. The normalized spacial score (nSPS) is 16.2. The summed E-state index contributed by atoms with van der Waals surface area (Å²) in [6.07, 6.45) is -0.117. The van der Waals surface area contributed by atoms with E-state index in [4.69, 9.17) is 4.74 Å². The number of halogens is 1. The topological polar surface area (TPSA) is 79.0 Å². The van der Waals surface area contributed by atoms with Crippen LogP contribution in [0.4, 0.5) is 9.18 Å². The Bertz CT molecular complexity index is 915. The lowest BCUT2D eigenvalue weighted by Crippen LogP contribution is -2.39. The SMILES string of the molecule is CCNC(=O)CC1C(=O)N(Cc2ccc(F)cc2)C(=O)N1Cc1ccc(OC)cc1. The first kappa shape index (κ1) is 21.3. The van der Waals surface area contributed by atoms with E-state index in [-0.39, 0.29) is 25.4 Å². The smallest absolute Gasteiger partial charge is 0.328 e. The highest BCUT2D eigenvalue weighted by molar-refractivity contribution is 6.05. The maximum Gasteiger partial charge on any atom is 0.328 e. The minimum atomic E-state index is -0.897. The number of methoxy groups -OCH3 is 1. The first-order chi connectivity index (χ1) is 14.4. The molecule has 0 aliphatic carbocycles. The highest BCUT2D eigenvalue weighted by atomic mass is 19.1. The molecule has 30 heavy (non-hydrogen) atoms. The van der Waals surface area contributed by atoms with Crippen LogP contribution in [0, 0.1) is 5.82 Å². The number of benzene rings is 2. The van der Waals surface area contributed by atoms with Crippen molar-refractivity contribution >= 4 is 17.8 Å². The molecule has 158 valence electrons. The number of hydrogen-bond donors (Lipinski definition) is 1. The third-order valence-corrected chi connectivity index (χ3v) is 4.92. The van der Waals surface area contributed by atoms with E-state index in [1.54, 1.807) is 26.2 Å². The van der Waals surface area contributed by atoms with Gasteiger partial charge in [-0.1, -0.05) is 24.3 Å². The van der Waals surface area contributed by atoms with E-state index in [0.29, 0.717) is 17.9 Å². The van der Waals surface area contributed by atoms with Crippen LogP contribution in [0.2, 0.25) is 0 Å². The van der Waals surface area contributed by atoms with Gasteiger partial charge in [-0.2, -0.15) is 0 Å². The molecule has 2 aromatic carbocycles. The Hall–Kier alpha value is -3.42. The Kier molecular flexibility index (Phi) is 6.66. The van der Waals surface area contributed by atoms with E-state index in [9.17, 15) is 18.8 Å². The molecular weight excluding hydrogens is 389 g/mol. The largest absolute Gasteiger partial charge is 0.497 e. The number of carbonyl (C=O) groups is 3. The number of hydrogen-bond acceptors (Lipinski definition) is 4. The zero-order valence-corrected chi connectivity index (χ0v) is 16.9. The van der Waals surface area contributed by atoms with Crippen LogP contribution in [-0.2, 0) is 22.7 Å². The van der Waals surface area contributed by atoms with Gasteiger partial charge in [-0.3, -0.25) is 14.5 Å². The zero-order valence-electron chi connectivity index (χ0n) is 16.9. The molecule has 1 atom stereocenters. The van der Waals surface area contributed by atoms with Gasteiger partial charge in [0.05, 0.1) is 20.1 Å². The lowest BCUT2D eigenvalue weighted by atomic mass is 10.1. The molecule has 0 bridgehead atoms. The van der Waals surface area contributed by atoms with Crippen LogP contribution < -0.4 is 10.1 Å². The van der Waals surface area contributed by atoms with Gasteiger partial charge in [0.1, 0.15) is 17.6 Å². The molecule has 0 aromatic heterocycles. The molecule has 1 fully saturated rings. The highest BCUT2D eigenvalue weighted by Gasteiger charge is 2.45. The number of amides is 4. The van der Waals surface area contributed by atoms with E-state index < -0.39 is 23.8 Å². The highest BCUT2D eigenvalue weighted by Crippen LogP contribution is 2.25. The van der Waals surface area contributed by atoms with Crippen molar-refractivity contribution in [2.24, 2.45) is 0 Å². The molecule has 0 saturated carbocycles. The Balaban J connectivity index is 1.83. The van der Waals surface area contributed by atoms with Gasteiger partial charge >= 0.3 is 6.03 Å². The van der Waals surface area contributed by atoms with Gasteiger partial charge in [0.2, 0.25) is 5.91 Å². The van der Waals surface area contributed by atoms with Crippen molar-refractivity contribution in [3.05, 3.63) is 65.5 Å². The molecule has 7 nitrogen and oxygen atoms in total. The number of nitrogens with one attached hydrogen (secondary N) is 1. The van der Waals surface area contributed by atoms with Gasteiger partial charge in [-0.15, -0.1) is 0 Å². The first-order valence-corrected chi connectivity index (χ1v) is 9.69. The molecule has 1 aliphatic rings. The van der Waals surface area contributed by atoms with Crippen LogP contribution in [0.15, 0.2) is 48.5 Å². The predicted molar refractivity (Wildman–Crippen MR) is 108 cm³/mol. The summed E-state index contributed by atoms with van der Waals surface area (Å²) in [5.41, 5.74) is 1.43. The standard InChI is InChI=1S/C22H24FN3O4/c1-3-24-20(27)12-19-21(28)26(14-15-4-8-17(23)9-5-15)22(29)25(19)13-16-6-10-18(30-2)11-7-16/h4-11,19H,3,12-14H2,1-2H3,(H,24,27). The van der Waals surface area contributed by atoms with Crippen LogP contribution in [0.25, 0.3) is 0 Å². The minimum Gasteiger partial charge on any atom is -0.497 e. The Morgan fingerprint density at radius 1 is 1.03 bits per heavy atom. The number of imide groups is 1. The van der Waals surface area contributed by atoms with Crippen molar-refractivity contribution in [1.82, 2.24) is 15.1 Å². The zero-order chi connectivity index (χ0) is 21.7. The number of ether oxygens (including phenoxy) is 1. The fourth-order valence-electron chi connectivity index (χ4n) is 3.36. The summed E-state index contributed by atoms with van der Waals surface area (Å²) >= 11 is 0. The monoisotopic (exact) mass is 413 g/mol. The first-order valence-electron chi connectivity index (χ1n) is 9.69. The summed E-state index contributed by atoms with van der Waals surface area (Å²) in [5, 5.41) is 2.67. The summed E-state index contributed by atoms with van der Waals surface area (Å²) in [4.78, 5) is 40.8. The van der Waals surface area contributed by atoms with Crippen molar-refractivity contribution in [3.8, 4) is 5.75 Å². The second kappa shape index (κ2) is 9.39. The van der Waals surface area contributed by atoms with Crippen molar-refractivity contribution in [3.63, 3.8) is 0 Å². The van der Waals surface area contributed by atoms with E-state index >= 15 is 0 Å². The van der Waals surface area contributed by atoms with Gasteiger partial charge < -0.3 is 15.0 Å². The van der Waals surface area contributed by atoms with Crippen LogP contribution in [-0.4, -0.2) is 47.3 Å². The molecule has 1 heterocycles. The molecule has 1 N–H and O–H groups in total. The Morgan fingerprint density at radius 2 is 1.63 bits per heavy atom. The fraction of sp³-hybridized carbons (Fsp3) is 0.318. The van der Waals surface area contributed by atoms with Crippen LogP contribution >= 0.6 is 0 Å². The quantitative estimate of drug-likeness (QED) is 0.675. The summed E-state index contributed by atoms with van der Waals surface area (Å²) < 4.78 is 18.3. The summed E-state index contributed by atoms with van der Waals surface area (Å²) in [7, 11) is 1.56. The molecule has 2 aromatic rings. The maximum atomic E-state index is 13.2. The van der Waals surface area contributed by atoms with Crippen molar-refractivity contribution < 1.29 is 23.5 Å². The predicted octanol–water partition coefficient (Wildman–Crippen LogP) is 2.69. The third-order valence-electron chi connectivity index (χ3n) is 4.92. The van der Waals surface area contributed by atoms with E-state index in [1.807, 2.05) is 12.1 Å². The molecular formula is C22H24FN3O4. The second-order valence-corrected chi connectivity index (χ2v) is 6.98. The molecule has 8 heteroatoms. The number of rotatable bonds is 8. The van der Waals surface area contributed by atoms with Crippen LogP contribution in [0.3, 0.4) is 0 Å². The maximum absolute atomic E-state index is 13.2. The lowest BCUT2D eigenvalue weighted by molar-refractivity contribution is -0.132. The van der Waals surface area contributed by atoms with Crippen LogP contribution in [0.5, 0.6) is 5.75 Å². The number of nitrogens with zero attached hydrogens (tertiary/aromatic N) is 2. The van der Waals surface area contributed by atoms with Crippen molar-refractivity contribution in [2.75, 3.05) is 13.7 Å². The Morgan fingerprint density at radius 3 is 2.23 bits per heavy atom. The van der Waals surface area contributed by atoms with Gasteiger partial charge in [-0.25, -0.2) is 9.18 Å². The molecule has 4 amide bonds. The summed E-state index contributed by atoms with van der Waals surface area (Å²) in [5.74, 6) is -0.455. The van der Waals surface area contributed by atoms with Gasteiger partial charge in [0, 0.05) is 13.1 Å². The average molecular weight is 413 g/mol. The van der Waals surface area contributed by atoms with E-state index in [0.717, 1.165) is 10.5 Å². The third kappa shape index (κ3) is 4.76. The van der Waals surface area contributed by atoms with Crippen molar-refractivity contribution in [1.29, 1.82) is 0 Å². The average Bonchev–Trinajstić information content (AvgIpc) is 2.95. The Labute approximate surface area is 174 Å². The molecule has 1 aliphatic heterocycles. The van der Waals surface area contributed by atoms with Crippen molar-refractivity contribution in [2.45, 2.75) is 32.5 Å². The second-order valence-electron chi connectivity index (χ2n) is 6.98. The number of carbonyl (C=O) groups excluding carboxylic acids is 3. The lowest BCUT2D eigenvalue weighted by Gasteiger charge is -2.21. The van der Waals surface area contributed by atoms with Gasteiger partial charge in [0.15, 0.2) is 0 Å². The molecule has 1 saturated heterocycles.